The van der Waals surface area contributed by atoms with Crippen molar-refractivity contribution < 1.29 is 5.11 Å². The molecule has 102 valence electrons. The van der Waals surface area contributed by atoms with E-state index >= 15 is 0 Å². The van der Waals surface area contributed by atoms with Gasteiger partial charge in [0.2, 0.25) is 0 Å². The molecule has 2 aromatic rings. The van der Waals surface area contributed by atoms with Crippen molar-refractivity contribution in [3.63, 3.8) is 0 Å². The maximum Gasteiger partial charge on any atom is 0.0957 e. The molecule has 2 rings (SSSR count). The van der Waals surface area contributed by atoms with E-state index in [-0.39, 0.29) is 0 Å². The summed E-state index contributed by atoms with van der Waals surface area (Å²) in [6.07, 6.45) is 1.71. The molecule has 0 bridgehead atoms. The molecular formula is C13H14Cl2N2OS. The highest BCUT2D eigenvalue weighted by Crippen LogP contribution is 2.28. The van der Waals surface area contributed by atoms with Gasteiger partial charge in [-0.25, -0.2) is 0 Å². The number of aromatic nitrogens is 2. The normalized spacial score (nSPS) is 12.6. The highest BCUT2D eigenvalue weighted by atomic mass is 35.5. The minimum atomic E-state index is -0.598. The average Bonchev–Trinajstić information content (AvgIpc) is 2.83. The first-order chi connectivity index (χ1) is 9.11. The Morgan fingerprint density at radius 3 is 2.79 bits per heavy atom. The second-order valence-electron chi connectivity index (χ2n) is 4.30. The largest absolute Gasteiger partial charge is 0.387 e. The Morgan fingerprint density at radius 2 is 2.11 bits per heavy atom. The van der Waals surface area contributed by atoms with Crippen LogP contribution in [0.5, 0.6) is 0 Å². The number of aliphatic hydroxyl groups excluding tert-OH is 1. The fourth-order valence-electron chi connectivity index (χ4n) is 1.86. The Morgan fingerprint density at radius 1 is 1.32 bits per heavy atom. The molecule has 1 N–H and O–H groups in total. The molecule has 1 atom stereocenters. The first-order valence-electron chi connectivity index (χ1n) is 6.05. The van der Waals surface area contributed by atoms with Crippen LogP contribution in [-0.4, -0.2) is 14.7 Å². The number of benzene rings is 1. The molecule has 0 radical (unpaired) electrons. The Balaban J connectivity index is 2.13. The Labute approximate surface area is 126 Å². The molecule has 0 amide bonds. The molecule has 1 aromatic heterocycles. The molecule has 1 unspecified atom stereocenters. The topological polar surface area (TPSA) is 46.0 Å². The van der Waals surface area contributed by atoms with Crippen LogP contribution in [0.2, 0.25) is 10.0 Å². The van der Waals surface area contributed by atoms with Gasteiger partial charge in [0.1, 0.15) is 0 Å². The minimum absolute atomic E-state index is 0.484. The van der Waals surface area contributed by atoms with Gasteiger partial charge in [0, 0.05) is 6.42 Å². The zero-order chi connectivity index (χ0) is 13.8. The van der Waals surface area contributed by atoms with E-state index in [9.17, 15) is 5.11 Å². The summed E-state index contributed by atoms with van der Waals surface area (Å²) in [6.45, 7) is 2.08. The summed E-state index contributed by atoms with van der Waals surface area (Å²) < 4.78 is 3.92. The molecule has 19 heavy (non-hydrogen) atoms. The molecule has 0 spiro atoms. The predicted octanol–water partition coefficient (Wildman–Crippen LogP) is 4.07. The number of aryl methyl sites for hydroxylation is 1. The fraction of sp³-hybridized carbons (Fsp3) is 0.385. The van der Waals surface area contributed by atoms with Crippen LogP contribution in [0, 0.1) is 0 Å². The maximum absolute atomic E-state index is 10.3. The van der Waals surface area contributed by atoms with Crippen LogP contribution in [0.1, 0.15) is 35.6 Å². The quantitative estimate of drug-likeness (QED) is 0.904. The molecule has 0 saturated heterocycles. The van der Waals surface area contributed by atoms with Gasteiger partial charge in [-0.05, 0) is 35.6 Å². The zero-order valence-corrected chi connectivity index (χ0v) is 12.8. The molecule has 0 aliphatic rings. The summed E-state index contributed by atoms with van der Waals surface area (Å²) in [5.41, 5.74) is 1.83. The molecule has 0 aliphatic heterocycles. The number of rotatable bonds is 5. The lowest BCUT2D eigenvalue weighted by molar-refractivity contribution is 0.181. The summed E-state index contributed by atoms with van der Waals surface area (Å²) in [6, 6.07) is 5.39. The van der Waals surface area contributed by atoms with E-state index in [1.54, 1.807) is 12.1 Å². The van der Waals surface area contributed by atoms with Crippen LogP contribution in [0.3, 0.4) is 0 Å². The standard InChI is InChI=1S/C13H14Cl2N2OS/c1-2-3-11-13(19-17-16-11)12(18)7-8-4-5-9(14)10(15)6-8/h4-6,12,18H,2-3,7H2,1H3. The summed E-state index contributed by atoms with van der Waals surface area (Å²) >= 11 is 13.1. The van der Waals surface area contributed by atoms with Crippen LogP contribution >= 0.6 is 34.7 Å². The number of halogens is 2. The van der Waals surface area contributed by atoms with Crippen molar-refractivity contribution in [2.75, 3.05) is 0 Å². The monoisotopic (exact) mass is 316 g/mol. The van der Waals surface area contributed by atoms with Crippen molar-refractivity contribution in [2.45, 2.75) is 32.3 Å². The second kappa shape index (κ2) is 6.66. The number of aliphatic hydroxyl groups is 1. The van der Waals surface area contributed by atoms with Gasteiger partial charge in [0.25, 0.3) is 0 Å². The molecule has 0 fully saturated rings. The summed E-state index contributed by atoms with van der Waals surface area (Å²) in [4.78, 5) is 0.841. The Hall–Kier alpha value is -0.680. The van der Waals surface area contributed by atoms with Crippen molar-refractivity contribution >= 4 is 34.7 Å². The van der Waals surface area contributed by atoms with Gasteiger partial charge in [-0.1, -0.05) is 47.1 Å². The van der Waals surface area contributed by atoms with Gasteiger partial charge in [0.15, 0.2) is 0 Å². The van der Waals surface area contributed by atoms with Gasteiger partial charge in [-0.15, -0.1) is 5.10 Å². The minimum Gasteiger partial charge on any atom is -0.387 e. The zero-order valence-electron chi connectivity index (χ0n) is 10.4. The van der Waals surface area contributed by atoms with Gasteiger partial charge < -0.3 is 5.11 Å². The number of nitrogens with zero attached hydrogens (tertiary/aromatic N) is 2. The number of hydrogen-bond acceptors (Lipinski definition) is 4. The van der Waals surface area contributed by atoms with Crippen LogP contribution in [0.4, 0.5) is 0 Å². The average molecular weight is 317 g/mol. The molecule has 3 nitrogen and oxygen atoms in total. The Bertz CT molecular complexity index is 559. The number of hydrogen-bond donors (Lipinski definition) is 1. The highest BCUT2D eigenvalue weighted by molar-refractivity contribution is 7.05. The van der Waals surface area contributed by atoms with Crippen molar-refractivity contribution in [3.8, 4) is 0 Å². The van der Waals surface area contributed by atoms with E-state index in [2.05, 4.69) is 16.5 Å². The maximum atomic E-state index is 10.3. The third-order valence-electron chi connectivity index (χ3n) is 2.79. The predicted molar refractivity (Wildman–Crippen MR) is 79.0 cm³/mol. The lowest BCUT2D eigenvalue weighted by Crippen LogP contribution is -2.03. The van der Waals surface area contributed by atoms with E-state index in [1.807, 2.05) is 6.07 Å². The van der Waals surface area contributed by atoms with E-state index < -0.39 is 6.10 Å². The lowest BCUT2D eigenvalue weighted by Gasteiger charge is -2.10. The van der Waals surface area contributed by atoms with Crippen LogP contribution in [-0.2, 0) is 12.8 Å². The molecule has 1 aromatic carbocycles. The van der Waals surface area contributed by atoms with Crippen molar-refractivity contribution in [1.82, 2.24) is 9.59 Å². The molecule has 1 heterocycles. The molecular weight excluding hydrogens is 303 g/mol. The Kier molecular flexibility index (Phi) is 5.16. The van der Waals surface area contributed by atoms with Crippen molar-refractivity contribution in [1.29, 1.82) is 0 Å². The van der Waals surface area contributed by atoms with Crippen LogP contribution < -0.4 is 0 Å². The lowest BCUT2D eigenvalue weighted by atomic mass is 10.0. The van der Waals surface area contributed by atoms with E-state index in [1.165, 1.54) is 11.5 Å². The first-order valence-corrected chi connectivity index (χ1v) is 7.57. The van der Waals surface area contributed by atoms with Crippen molar-refractivity contribution in [3.05, 3.63) is 44.4 Å². The fourth-order valence-corrected chi connectivity index (χ4v) is 2.86. The van der Waals surface area contributed by atoms with Crippen LogP contribution in [0.15, 0.2) is 18.2 Å². The summed E-state index contributed by atoms with van der Waals surface area (Å²) in [5.74, 6) is 0. The third-order valence-corrected chi connectivity index (χ3v) is 4.39. The second-order valence-corrected chi connectivity index (χ2v) is 5.90. The third kappa shape index (κ3) is 3.66. The molecule has 0 saturated carbocycles. The van der Waals surface area contributed by atoms with Gasteiger partial charge in [-0.2, -0.15) is 0 Å². The SMILES string of the molecule is CCCc1nnsc1C(O)Cc1ccc(Cl)c(Cl)c1. The molecule has 0 aliphatic carbocycles. The highest BCUT2D eigenvalue weighted by Gasteiger charge is 2.17. The van der Waals surface area contributed by atoms with Crippen molar-refractivity contribution in [2.24, 2.45) is 0 Å². The molecule has 6 heteroatoms. The summed E-state index contributed by atoms with van der Waals surface area (Å²) in [7, 11) is 0. The van der Waals surface area contributed by atoms with Gasteiger partial charge in [-0.3, -0.25) is 0 Å². The van der Waals surface area contributed by atoms with E-state index in [0.29, 0.717) is 16.5 Å². The smallest absolute Gasteiger partial charge is 0.0957 e. The van der Waals surface area contributed by atoms with Gasteiger partial charge in [0.05, 0.1) is 26.7 Å². The van der Waals surface area contributed by atoms with Gasteiger partial charge >= 0.3 is 0 Å². The van der Waals surface area contributed by atoms with Crippen LogP contribution in [0.25, 0.3) is 0 Å². The van der Waals surface area contributed by atoms with E-state index in [4.69, 9.17) is 23.2 Å². The summed E-state index contributed by atoms with van der Waals surface area (Å²) in [5, 5.41) is 15.4. The van der Waals surface area contributed by atoms with E-state index in [0.717, 1.165) is 29.0 Å². The first kappa shape index (κ1) is 14.7.